The highest BCUT2D eigenvalue weighted by Crippen LogP contribution is 2.44. The van der Waals surface area contributed by atoms with E-state index in [1.807, 2.05) is 0 Å². The Bertz CT molecular complexity index is 197. The Morgan fingerprint density at radius 3 is 2.92 bits per heavy atom. The monoisotopic (exact) mass is 165 g/mol. The largest absolute Gasteiger partial charge is 0.289 e. The highest BCUT2D eigenvalue weighted by atomic mass is 16.6. The van der Waals surface area contributed by atoms with E-state index in [1.165, 1.54) is 25.7 Å². The van der Waals surface area contributed by atoms with E-state index in [9.17, 15) is 0 Å². The maximum Gasteiger partial charge on any atom is 0.128 e. The van der Waals surface area contributed by atoms with Gasteiger partial charge in [0.1, 0.15) is 6.61 Å². The first-order valence-corrected chi connectivity index (χ1v) is 4.71. The molecule has 0 spiro atoms. The second kappa shape index (κ2) is 3.47. The van der Waals surface area contributed by atoms with Crippen molar-refractivity contribution in [3.63, 3.8) is 0 Å². The van der Waals surface area contributed by atoms with Gasteiger partial charge in [-0.05, 0) is 31.1 Å². The number of hydrogen-bond acceptors (Lipinski definition) is 2. The molecule has 1 N–H and O–H groups in total. The van der Waals surface area contributed by atoms with Crippen LogP contribution in [0.4, 0.5) is 0 Å². The maximum atomic E-state index is 5.13. The highest BCUT2D eigenvalue weighted by molar-refractivity contribution is 4.93. The quantitative estimate of drug-likeness (QED) is 0.387. The second-order valence-electron chi connectivity index (χ2n) is 3.89. The SMILES string of the molecule is C#CCONC1CC2CCC1C2. The lowest BCUT2D eigenvalue weighted by atomic mass is 9.96. The minimum Gasteiger partial charge on any atom is -0.289 e. The van der Waals surface area contributed by atoms with E-state index in [0.29, 0.717) is 12.6 Å². The van der Waals surface area contributed by atoms with Gasteiger partial charge in [0.05, 0.1) is 0 Å². The smallest absolute Gasteiger partial charge is 0.128 e. The Hall–Kier alpha value is -0.520. The molecule has 0 aromatic rings. The fourth-order valence-corrected chi connectivity index (χ4v) is 2.58. The molecule has 2 saturated carbocycles. The van der Waals surface area contributed by atoms with Crippen LogP contribution in [0.1, 0.15) is 25.7 Å². The lowest BCUT2D eigenvalue weighted by Crippen LogP contribution is -2.33. The molecule has 2 heteroatoms. The van der Waals surface area contributed by atoms with E-state index in [0.717, 1.165) is 11.8 Å². The molecule has 66 valence electrons. The van der Waals surface area contributed by atoms with Crippen LogP contribution in [0.15, 0.2) is 0 Å². The molecule has 0 saturated heterocycles. The van der Waals surface area contributed by atoms with Crippen LogP contribution >= 0.6 is 0 Å². The summed E-state index contributed by atoms with van der Waals surface area (Å²) >= 11 is 0. The van der Waals surface area contributed by atoms with Gasteiger partial charge in [-0.3, -0.25) is 4.84 Å². The van der Waals surface area contributed by atoms with E-state index in [-0.39, 0.29) is 0 Å². The third-order valence-electron chi connectivity index (χ3n) is 3.13. The van der Waals surface area contributed by atoms with Gasteiger partial charge in [-0.25, -0.2) is 0 Å². The Morgan fingerprint density at radius 2 is 2.33 bits per heavy atom. The van der Waals surface area contributed by atoms with Crippen LogP contribution in [-0.2, 0) is 4.84 Å². The topological polar surface area (TPSA) is 21.3 Å². The Balaban J connectivity index is 1.73. The summed E-state index contributed by atoms with van der Waals surface area (Å²) in [6, 6.07) is 0.581. The normalized spacial score (nSPS) is 38.4. The average molecular weight is 165 g/mol. The van der Waals surface area contributed by atoms with Crippen LogP contribution in [0, 0.1) is 24.2 Å². The van der Waals surface area contributed by atoms with Crippen molar-refractivity contribution in [2.75, 3.05) is 6.61 Å². The van der Waals surface area contributed by atoms with Crippen molar-refractivity contribution in [2.24, 2.45) is 11.8 Å². The van der Waals surface area contributed by atoms with E-state index < -0.39 is 0 Å². The summed E-state index contributed by atoms with van der Waals surface area (Å²) in [5, 5.41) is 0. The molecule has 0 radical (unpaired) electrons. The van der Waals surface area contributed by atoms with Gasteiger partial charge in [0.25, 0.3) is 0 Å². The van der Waals surface area contributed by atoms with Gasteiger partial charge in [0.15, 0.2) is 0 Å². The summed E-state index contributed by atoms with van der Waals surface area (Å²) in [4.78, 5) is 5.13. The molecule has 2 aliphatic rings. The van der Waals surface area contributed by atoms with Crippen molar-refractivity contribution in [2.45, 2.75) is 31.7 Å². The standard InChI is InChI=1S/C10H15NO/c1-2-5-12-11-10-7-8-3-4-9(10)6-8/h1,8-11H,3-7H2. The molecule has 2 aliphatic carbocycles. The van der Waals surface area contributed by atoms with Gasteiger partial charge >= 0.3 is 0 Å². The zero-order valence-corrected chi connectivity index (χ0v) is 7.25. The van der Waals surface area contributed by atoms with Crippen molar-refractivity contribution in [3.8, 4) is 12.3 Å². The molecule has 3 atom stereocenters. The van der Waals surface area contributed by atoms with E-state index in [2.05, 4.69) is 11.4 Å². The maximum absolute atomic E-state index is 5.13. The molecule has 2 rings (SSSR count). The van der Waals surface area contributed by atoms with E-state index >= 15 is 0 Å². The number of hydrogen-bond donors (Lipinski definition) is 1. The molecular formula is C10H15NO. The molecule has 0 aromatic heterocycles. The van der Waals surface area contributed by atoms with Crippen LogP contribution in [0.3, 0.4) is 0 Å². The number of nitrogens with one attached hydrogen (secondary N) is 1. The Labute approximate surface area is 73.6 Å². The fraction of sp³-hybridized carbons (Fsp3) is 0.800. The zero-order valence-electron chi connectivity index (χ0n) is 7.25. The average Bonchev–Trinajstić information content (AvgIpc) is 2.65. The van der Waals surface area contributed by atoms with Crippen LogP contribution < -0.4 is 5.48 Å². The van der Waals surface area contributed by atoms with Crippen LogP contribution in [-0.4, -0.2) is 12.6 Å². The molecule has 2 fully saturated rings. The van der Waals surface area contributed by atoms with Crippen molar-refractivity contribution in [1.29, 1.82) is 0 Å². The molecule has 0 heterocycles. The van der Waals surface area contributed by atoms with Crippen molar-refractivity contribution < 1.29 is 4.84 Å². The number of rotatable bonds is 3. The van der Waals surface area contributed by atoms with Gasteiger partial charge < -0.3 is 0 Å². The first-order valence-electron chi connectivity index (χ1n) is 4.71. The molecule has 2 nitrogen and oxygen atoms in total. The van der Waals surface area contributed by atoms with Gasteiger partial charge in [-0.2, -0.15) is 5.48 Å². The predicted octanol–water partition coefficient (Wildman–Crippen LogP) is 1.33. The van der Waals surface area contributed by atoms with Crippen LogP contribution in [0.2, 0.25) is 0 Å². The lowest BCUT2D eigenvalue weighted by molar-refractivity contribution is 0.0227. The number of fused-ring (bicyclic) bond motifs is 2. The summed E-state index contributed by atoms with van der Waals surface area (Å²) in [5.41, 5.74) is 3.07. The first-order chi connectivity index (χ1) is 5.90. The summed E-state index contributed by atoms with van der Waals surface area (Å²) in [7, 11) is 0. The third-order valence-corrected chi connectivity index (χ3v) is 3.13. The predicted molar refractivity (Wildman–Crippen MR) is 47.2 cm³/mol. The summed E-state index contributed by atoms with van der Waals surface area (Å²) in [5.74, 6) is 4.27. The molecule has 2 bridgehead atoms. The molecular weight excluding hydrogens is 150 g/mol. The van der Waals surface area contributed by atoms with Crippen LogP contribution in [0.5, 0.6) is 0 Å². The highest BCUT2D eigenvalue weighted by Gasteiger charge is 2.39. The molecule has 0 amide bonds. The Morgan fingerprint density at radius 1 is 1.42 bits per heavy atom. The van der Waals surface area contributed by atoms with Crippen molar-refractivity contribution in [1.82, 2.24) is 5.48 Å². The first kappa shape index (κ1) is 8.10. The number of terminal acetylenes is 1. The van der Waals surface area contributed by atoms with Gasteiger partial charge in [-0.15, -0.1) is 6.42 Å². The zero-order chi connectivity index (χ0) is 8.39. The minimum atomic E-state index is 0.383. The second-order valence-corrected chi connectivity index (χ2v) is 3.89. The number of hydroxylamine groups is 1. The summed E-state index contributed by atoms with van der Waals surface area (Å²) in [6.07, 6.45) is 10.6. The van der Waals surface area contributed by atoms with Crippen LogP contribution in [0.25, 0.3) is 0 Å². The van der Waals surface area contributed by atoms with Crippen molar-refractivity contribution in [3.05, 3.63) is 0 Å². The van der Waals surface area contributed by atoms with Crippen molar-refractivity contribution >= 4 is 0 Å². The summed E-state index contributed by atoms with van der Waals surface area (Å²) < 4.78 is 0. The molecule has 0 aliphatic heterocycles. The van der Waals surface area contributed by atoms with Gasteiger partial charge in [-0.1, -0.05) is 12.3 Å². The summed E-state index contributed by atoms with van der Waals surface area (Å²) in [6.45, 7) is 0.383. The fourth-order valence-electron chi connectivity index (χ4n) is 2.58. The Kier molecular flexibility index (Phi) is 2.34. The van der Waals surface area contributed by atoms with E-state index in [4.69, 9.17) is 11.3 Å². The van der Waals surface area contributed by atoms with E-state index in [1.54, 1.807) is 0 Å². The molecule has 3 unspecified atom stereocenters. The lowest BCUT2D eigenvalue weighted by Gasteiger charge is -2.21. The molecule has 12 heavy (non-hydrogen) atoms. The molecule has 0 aromatic carbocycles. The third kappa shape index (κ3) is 1.48. The van der Waals surface area contributed by atoms with Gasteiger partial charge in [0.2, 0.25) is 0 Å². The van der Waals surface area contributed by atoms with Gasteiger partial charge in [0, 0.05) is 6.04 Å². The minimum absolute atomic E-state index is 0.383.